The molecule has 1 aromatic rings. The number of carbonyl (C=O) groups is 2. The summed E-state index contributed by atoms with van der Waals surface area (Å²) < 4.78 is 26.9. The van der Waals surface area contributed by atoms with Crippen LogP contribution in [0.5, 0.6) is 0 Å². The summed E-state index contributed by atoms with van der Waals surface area (Å²) in [5.74, 6) is -0.482. The Morgan fingerprint density at radius 2 is 2.00 bits per heavy atom. The normalized spacial score (nSPS) is 16.6. The van der Waals surface area contributed by atoms with E-state index >= 15 is 0 Å². The van der Waals surface area contributed by atoms with Gasteiger partial charge in [0, 0.05) is 31.6 Å². The third-order valence-electron chi connectivity index (χ3n) is 4.37. The molecule has 0 atom stereocenters. The minimum atomic E-state index is -3.46. The van der Waals surface area contributed by atoms with E-state index in [9.17, 15) is 18.0 Å². The second-order valence-electron chi connectivity index (χ2n) is 6.69. The highest BCUT2D eigenvalue weighted by molar-refractivity contribution is 7.91. The summed E-state index contributed by atoms with van der Waals surface area (Å²) in [5, 5.41) is 4.53. The fourth-order valence-corrected chi connectivity index (χ4v) is 5.64. The van der Waals surface area contributed by atoms with E-state index < -0.39 is 10.0 Å². The quantitative estimate of drug-likeness (QED) is 0.750. The number of hydrogen-bond acceptors (Lipinski definition) is 5. The van der Waals surface area contributed by atoms with Crippen LogP contribution in [-0.2, 0) is 19.6 Å². The van der Waals surface area contributed by atoms with Crippen molar-refractivity contribution < 1.29 is 18.0 Å². The van der Waals surface area contributed by atoms with E-state index in [4.69, 9.17) is 0 Å². The maximum atomic E-state index is 12.7. The number of likely N-dealkylation sites (N-methyl/N-ethyl adjacent to an activating group) is 1. The maximum absolute atomic E-state index is 12.7. The molecule has 0 radical (unpaired) electrons. The maximum Gasteiger partial charge on any atom is 0.252 e. The minimum absolute atomic E-state index is 0.0296. The highest BCUT2D eigenvalue weighted by Gasteiger charge is 2.34. The van der Waals surface area contributed by atoms with Gasteiger partial charge >= 0.3 is 0 Å². The first kappa shape index (κ1) is 20.9. The van der Waals surface area contributed by atoms with Gasteiger partial charge in [0.25, 0.3) is 10.0 Å². The number of sulfonamides is 1. The lowest BCUT2D eigenvalue weighted by molar-refractivity contribution is -0.140. The average Bonchev–Trinajstić information content (AvgIpc) is 3.14. The number of amides is 2. The Hall–Kier alpha value is -1.45. The van der Waals surface area contributed by atoms with E-state index in [0.717, 1.165) is 0 Å². The SMILES string of the molecule is CCN(CC(=O)NC(C)C)C(=O)C1CCN(S(=O)(=O)c2cccs2)CC1. The van der Waals surface area contributed by atoms with E-state index in [2.05, 4.69) is 5.32 Å². The molecule has 26 heavy (non-hydrogen) atoms. The Morgan fingerprint density at radius 3 is 2.50 bits per heavy atom. The van der Waals surface area contributed by atoms with Crippen molar-refractivity contribution in [1.82, 2.24) is 14.5 Å². The Balaban J connectivity index is 1.93. The summed E-state index contributed by atoms with van der Waals surface area (Å²) in [6, 6.07) is 3.35. The Bertz CT molecular complexity index is 708. The molecule has 0 spiro atoms. The van der Waals surface area contributed by atoms with Crippen LogP contribution in [-0.4, -0.2) is 61.7 Å². The van der Waals surface area contributed by atoms with E-state index in [1.165, 1.54) is 15.6 Å². The van der Waals surface area contributed by atoms with Gasteiger partial charge in [-0.3, -0.25) is 9.59 Å². The van der Waals surface area contributed by atoms with Gasteiger partial charge in [-0.25, -0.2) is 8.42 Å². The van der Waals surface area contributed by atoms with Crippen LogP contribution in [0.2, 0.25) is 0 Å². The standard InChI is InChI=1S/C17H27N3O4S2/c1-4-19(12-15(21)18-13(2)3)17(22)14-7-9-20(10-8-14)26(23,24)16-6-5-11-25-16/h5-6,11,13-14H,4,7-10,12H2,1-3H3,(H,18,21). The van der Waals surface area contributed by atoms with Crippen LogP contribution in [0.3, 0.4) is 0 Å². The van der Waals surface area contributed by atoms with Crippen molar-refractivity contribution in [2.45, 2.75) is 43.9 Å². The Labute approximate surface area is 159 Å². The van der Waals surface area contributed by atoms with Gasteiger partial charge in [0.2, 0.25) is 11.8 Å². The molecule has 0 saturated carbocycles. The van der Waals surface area contributed by atoms with Gasteiger partial charge in [0.05, 0.1) is 6.54 Å². The Kier molecular flexibility index (Phi) is 7.19. The van der Waals surface area contributed by atoms with Crippen molar-refractivity contribution in [3.8, 4) is 0 Å². The molecule has 9 heteroatoms. The first-order valence-corrected chi connectivity index (χ1v) is 11.2. The first-order chi connectivity index (χ1) is 12.3. The molecular weight excluding hydrogens is 374 g/mol. The largest absolute Gasteiger partial charge is 0.352 e. The van der Waals surface area contributed by atoms with Gasteiger partial charge in [-0.1, -0.05) is 6.07 Å². The molecule has 0 unspecified atom stereocenters. The van der Waals surface area contributed by atoms with Crippen molar-refractivity contribution in [3.63, 3.8) is 0 Å². The molecule has 0 aromatic carbocycles. The predicted molar refractivity (Wildman–Crippen MR) is 101 cm³/mol. The van der Waals surface area contributed by atoms with Gasteiger partial charge in [0.1, 0.15) is 4.21 Å². The van der Waals surface area contributed by atoms with Gasteiger partial charge in [-0.05, 0) is 45.1 Å². The van der Waals surface area contributed by atoms with E-state index in [1.807, 2.05) is 20.8 Å². The smallest absolute Gasteiger partial charge is 0.252 e. The van der Waals surface area contributed by atoms with Gasteiger partial charge in [-0.15, -0.1) is 11.3 Å². The van der Waals surface area contributed by atoms with Crippen LogP contribution in [0.25, 0.3) is 0 Å². The fourth-order valence-electron chi connectivity index (χ4n) is 3.03. The van der Waals surface area contributed by atoms with Crippen molar-refractivity contribution in [2.75, 3.05) is 26.2 Å². The molecule has 2 rings (SSSR count). The van der Waals surface area contributed by atoms with Crippen LogP contribution >= 0.6 is 11.3 Å². The molecule has 7 nitrogen and oxygen atoms in total. The van der Waals surface area contributed by atoms with Crippen LogP contribution in [0.15, 0.2) is 21.7 Å². The van der Waals surface area contributed by atoms with Crippen LogP contribution in [0, 0.1) is 5.92 Å². The molecule has 1 aromatic heterocycles. The summed E-state index contributed by atoms with van der Waals surface area (Å²) in [7, 11) is -3.46. The zero-order valence-corrected chi connectivity index (χ0v) is 17.1. The zero-order valence-electron chi connectivity index (χ0n) is 15.5. The molecule has 0 bridgehead atoms. The summed E-state index contributed by atoms with van der Waals surface area (Å²) in [6.07, 6.45) is 0.956. The van der Waals surface area contributed by atoms with Crippen molar-refractivity contribution in [3.05, 3.63) is 17.5 Å². The minimum Gasteiger partial charge on any atom is -0.352 e. The van der Waals surface area contributed by atoms with Gasteiger partial charge in [-0.2, -0.15) is 4.31 Å². The Morgan fingerprint density at radius 1 is 1.35 bits per heavy atom. The highest BCUT2D eigenvalue weighted by Crippen LogP contribution is 2.27. The molecule has 1 aliphatic heterocycles. The molecule has 1 saturated heterocycles. The third-order valence-corrected chi connectivity index (χ3v) is 7.64. The summed E-state index contributed by atoms with van der Waals surface area (Å²) in [5.41, 5.74) is 0. The molecule has 1 aliphatic rings. The van der Waals surface area contributed by atoms with Crippen LogP contribution < -0.4 is 5.32 Å². The summed E-state index contributed by atoms with van der Waals surface area (Å²) in [6.45, 7) is 6.74. The lowest BCUT2D eigenvalue weighted by atomic mass is 9.96. The van der Waals surface area contributed by atoms with E-state index in [0.29, 0.717) is 36.7 Å². The lowest BCUT2D eigenvalue weighted by Crippen LogP contribution is -2.47. The van der Waals surface area contributed by atoms with E-state index in [1.54, 1.807) is 22.4 Å². The topological polar surface area (TPSA) is 86.8 Å². The number of nitrogens with one attached hydrogen (secondary N) is 1. The lowest BCUT2D eigenvalue weighted by Gasteiger charge is -2.33. The van der Waals surface area contributed by atoms with E-state index in [-0.39, 0.29) is 30.3 Å². The molecule has 1 fully saturated rings. The monoisotopic (exact) mass is 401 g/mol. The number of nitrogens with zero attached hydrogens (tertiary/aromatic N) is 2. The van der Waals surface area contributed by atoms with Crippen molar-refractivity contribution >= 4 is 33.2 Å². The predicted octanol–water partition coefficient (Wildman–Crippen LogP) is 1.52. The van der Waals surface area contributed by atoms with Crippen LogP contribution in [0.4, 0.5) is 0 Å². The average molecular weight is 402 g/mol. The molecule has 1 N–H and O–H groups in total. The molecule has 2 heterocycles. The van der Waals surface area contributed by atoms with Crippen molar-refractivity contribution in [1.29, 1.82) is 0 Å². The second-order valence-corrected chi connectivity index (χ2v) is 9.80. The van der Waals surface area contributed by atoms with Gasteiger partial charge < -0.3 is 10.2 Å². The number of piperidine rings is 1. The van der Waals surface area contributed by atoms with Crippen molar-refractivity contribution in [2.24, 2.45) is 5.92 Å². The number of hydrogen-bond donors (Lipinski definition) is 1. The molecule has 146 valence electrons. The number of rotatable bonds is 7. The zero-order chi connectivity index (χ0) is 19.3. The number of carbonyl (C=O) groups excluding carboxylic acids is 2. The summed E-state index contributed by atoms with van der Waals surface area (Å²) >= 11 is 1.20. The summed E-state index contributed by atoms with van der Waals surface area (Å²) in [4.78, 5) is 26.2. The molecular formula is C17H27N3O4S2. The highest BCUT2D eigenvalue weighted by atomic mass is 32.2. The first-order valence-electron chi connectivity index (χ1n) is 8.87. The van der Waals surface area contributed by atoms with Gasteiger partial charge in [0.15, 0.2) is 0 Å². The third kappa shape index (κ3) is 5.05. The number of thiophene rings is 1. The van der Waals surface area contributed by atoms with Crippen LogP contribution in [0.1, 0.15) is 33.6 Å². The molecule has 0 aliphatic carbocycles. The fraction of sp³-hybridized carbons (Fsp3) is 0.647. The second kappa shape index (κ2) is 8.96. The molecule has 2 amide bonds.